The van der Waals surface area contributed by atoms with E-state index in [1.807, 2.05) is 26.0 Å². The maximum Gasteiger partial charge on any atom is 0.255 e. The number of aryl methyl sites for hydroxylation is 2. The first-order valence-electron chi connectivity index (χ1n) is 15.1. The van der Waals surface area contributed by atoms with Crippen LogP contribution in [0.3, 0.4) is 0 Å². The van der Waals surface area contributed by atoms with Crippen molar-refractivity contribution in [2.45, 2.75) is 77.3 Å². The largest absolute Gasteiger partial charge is 0.493 e. The van der Waals surface area contributed by atoms with Crippen LogP contribution in [-0.2, 0) is 14.4 Å². The van der Waals surface area contributed by atoms with Crippen LogP contribution in [0.4, 0.5) is 11.4 Å². The normalized spacial score (nSPS) is 11.8. The molecule has 0 bridgehead atoms. The monoisotopic (exact) mass is 650 g/mol. The molecule has 0 saturated heterocycles. The number of carbonyl (C=O) groups is 3. The van der Waals surface area contributed by atoms with Crippen LogP contribution in [-0.4, -0.2) is 49.5 Å². The minimum absolute atomic E-state index is 0.205. The molecule has 0 saturated carbocycles. The lowest BCUT2D eigenvalue weighted by Crippen LogP contribution is -2.31. The number of thioether (sulfide) groups is 1. The first kappa shape index (κ1) is 33.9. The molecule has 1 atom stereocenters. The topological polar surface area (TPSA) is 128 Å². The average Bonchev–Trinajstić information content (AvgIpc) is 3.42. The van der Waals surface area contributed by atoms with E-state index in [0.717, 1.165) is 41.9 Å². The highest BCUT2D eigenvalue weighted by molar-refractivity contribution is 7.99. The predicted octanol–water partition coefficient (Wildman–Crippen LogP) is 7.34. The molecule has 0 radical (unpaired) electrons. The summed E-state index contributed by atoms with van der Waals surface area (Å²) in [6, 6.07) is 9.51. The number of ether oxygens (including phenoxy) is 1. The minimum atomic E-state index is -1.24. The van der Waals surface area contributed by atoms with Crippen molar-refractivity contribution in [3.05, 3.63) is 65.2 Å². The number of benzene rings is 2. The van der Waals surface area contributed by atoms with Gasteiger partial charge in [0.1, 0.15) is 22.6 Å². The molecule has 4 aromatic rings. The smallest absolute Gasteiger partial charge is 0.255 e. The second-order valence-corrected chi connectivity index (χ2v) is 12.4. The Kier molecular flexibility index (Phi) is 12.3. The van der Waals surface area contributed by atoms with Crippen LogP contribution in [0.1, 0.15) is 69.5 Å². The molecule has 0 aliphatic heterocycles. The van der Waals surface area contributed by atoms with Gasteiger partial charge in [0.15, 0.2) is 17.5 Å². The van der Waals surface area contributed by atoms with E-state index in [1.54, 1.807) is 30.0 Å². The number of hydrogen-bond donors (Lipinski definition) is 2. The molecule has 0 fully saturated rings. The fraction of sp³-hybridized carbons (Fsp3) is 0.394. The van der Waals surface area contributed by atoms with Crippen LogP contribution in [0.25, 0.3) is 11.2 Å². The van der Waals surface area contributed by atoms with E-state index in [4.69, 9.17) is 16.3 Å². The summed E-state index contributed by atoms with van der Waals surface area (Å²) in [5.41, 5.74) is 3.86. The van der Waals surface area contributed by atoms with Crippen LogP contribution >= 0.6 is 23.4 Å². The molecule has 0 aliphatic carbocycles. The Morgan fingerprint density at radius 2 is 1.82 bits per heavy atom. The van der Waals surface area contributed by atoms with E-state index in [9.17, 15) is 14.4 Å². The number of unbranched alkanes of at least 4 members (excludes halogenated alkanes) is 3. The number of imidazole rings is 1. The second kappa shape index (κ2) is 16.4. The molecule has 2 heterocycles. The molecule has 0 spiro atoms. The predicted molar refractivity (Wildman–Crippen MR) is 179 cm³/mol. The van der Waals surface area contributed by atoms with Gasteiger partial charge >= 0.3 is 0 Å². The summed E-state index contributed by atoms with van der Waals surface area (Å²) in [6.45, 7) is 7.92. The van der Waals surface area contributed by atoms with Crippen molar-refractivity contribution in [1.82, 2.24) is 19.5 Å². The van der Waals surface area contributed by atoms with E-state index in [-0.39, 0.29) is 23.0 Å². The third-order valence-electron chi connectivity index (χ3n) is 7.12. The Hall–Kier alpha value is -3.96. The third-order valence-corrected chi connectivity index (χ3v) is 8.51. The number of amides is 2. The van der Waals surface area contributed by atoms with Crippen LogP contribution in [0.15, 0.2) is 54.1 Å². The van der Waals surface area contributed by atoms with Gasteiger partial charge in [-0.15, -0.1) is 11.8 Å². The summed E-state index contributed by atoms with van der Waals surface area (Å²) in [5, 5.41) is 6.54. The molecule has 0 aliphatic rings. The van der Waals surface area contributed by atoms with Gasteiger partial charge in [-0.25, -0.2) is 15.0 Å². The zero-order valence-electron chi connectivity index (χ0n) is 26.1. The van der Waals surface area contributed by atoms with Crippen molar-refractivity contribution < 1.29 is 19.1 Å². The van der Waals surface area contributed by atoms with Gasteiger partial charge in [-0.05, 0) is 69.2 Å². The van der Waals surface area contributed by atoms with Gasteiger partial charge in [-0.2, -0.15) is 0 Å². The van der Waals surface area contributed by atoms with Gasteiger partial charge in [0.2, 0.25) is 5.91 Å². The lowest BCUT2D eigenvalue weighted by Gasteiger charge is -2.17. The molecule has 2 aromatic heterocycles. The molecule has 12 heteroatoms. The maximum absolute atomic E-state index is 13.5. The standard InChI is InChI=1S/C33H39ClN6O4S/c1-5-6-7-8-16-45-33-29-31(35-19-36-33)40(20-37-29)30(23(4)41)32(43)39-26-18-24(12-13-25(26)34)38-28(42)10-9-15-44-27-14-11-21(2)17-22(27)3/h11-14,17-20,30H,5-10,15-16H2,1-4H3,(H,38,42)(H,39,43). The Labute approximate surface area is 272 Å². The summed E-state index contributed by atoms with van der Waals surface area (Å²) in [5.74, 6) is 0.480. The van der Waals surface area contributed by atoms with Crippen molar-refractivity contribution in [3.63, 3.8) is 0 Å². The van der Waals surface area contributed by atoms with Crippen LogP contribution < -0.4 is 15.4 Å². The Morgan fingerprint density at radius 1 is 1.00 bits per heavy atom. The number of carbonyl (C=O) groups excluding carboxylic acids is 3. The van der Waals surface area contributed by atoms with Crippen molar-refractivity contribution >= 4 is 63.5 Å². The molecule has 45 heavy (non-hydrogen) atoms. The molecule has 2 aromatic carbocycles. The first-order chi connectivity index (χ1) is 21.7. The number of Topliss-reactive ketones (excluding diaryl/α,β-unsaturated/α-hetero) is 1. The zero-order chi connectivity index (χ0) is 32.3. The molecule has 2 amide bonds. The van der Waals surface area contributed by atoms with Gasteiger partial charge in [-0.3, -0.25) is 19.0 Å². The quantitative estimate of drug-likeness (QED) is 0.0558. The minimum Gasteiger partial charge on any atom is -0.493 e. The van der Waals surface area contributed by atoms with Crippen LogP contribution in [0, 0.1) is 13.8 Å². The number of anilines is 2. The van der Waals surface area contributed by atoms with Gasteiger partial charge in [0.05, 0.1) is 23.6 Å². The van der Waals surface area contributed by atoms with E-state index in [1.165, 1.54) is 30.6 Å². The second-order valence-electron chi connectivity index (χ2n) is 10.9. The molecule has 2 N–H and O–H groups in total. The van der Waals surface area contributed by atoms with Gasteiger partial charge in [0, 0.05) is 12.1 Å². The lowest BCUT2D eigenvalue weighted by atomic mass is 10.1. The van der Waals surface area contributed by atoms with E-state index in [2.05, 4.69) is 38.6 Å². The summed E-state index contributed by atoms with van der Waals surface area (Å²) in [6.07, 6.45) is 8.19. The molecule has 238 valence electrons. The summed E-state index contributed by atoms with van der Waals surface area (Å²) in [4.78, 5) is 52.0. The number of halogens is 1. The highest BCUT2D eigenvalue weighted by Gasteiger charge is 2.29. The van der Waals surface area contributed by atoms with Crippen molar-refractivity contribution in [3.8, 4) is 5.75 Å². The molecule has 4 rings (SSSR count). The lowest BCUT2D eigenvalue weighted by molar-refractivity contribution is -0.128. The summed E-state index contributed by atoms with van der Waals surface area (Å²) < 4.78 is 7.27. The van der Waals surface area contributed by atoms with Crippen LogP contribution in [0.5, 0.6) is 5.75 Å². The molecular weight excluding hydrogens is 612 g/mol. The van der Waals surface area contributed by atoms with Gasteiger partial charge < -0.3 is 15.4 Å². The number of nitrogens with zero attached hydrogens (tertiary/aromatic N) is 4. The maximum atomic E-state index is 13.5. The van der Waals surface area contributed by atoms with E-state index >= 15 is 0 Å². The fourth-order valence-corrected chi connectivity index (χ4v) is 5.94. The molecule has 10 nitrogen and oxygen atoms in total. The Morgan fingerprint density at radius 3 is 2.58 bits per heavy atom. The van der Waals surface area contributed by atoms with Crippen molar-refractivity contribution in [2.24, 2.45) is 0 Å². The Bertz CT molecular complexity index is 1660. The summed E-state index contributed by atoms with van der Waals surface area (Å²) in [7, 11) is 0. The zero-order valence-corrected chi connectivity index (χ0v) is 27.6. The number of hydrogen-bond acceptors (Lipinski definition) is 8. The number of fused-ring (bicyclic) bond motifs is 1. The van der Waals surface area contributed by atoms with Gasteiger partial charge in [-0.1, -0.05) is 55.5 Å². The van der Waals surface area contributed by atoms with Crippen LogP contribution in [0.2, 0.25) is 5.02 Å². The SMILES string of the molecule is CCCCCCSc1ncnc2c1ncn2C(C(C)=O)C(=O)Nc1cc(NC(=O)CCCOc2ccc(C)cc2C)ccc1Cl. The molecular formula is C33H39ClN6O4S. The highest BCUT2D eigenvalue weighted by atomic mass is 35.5. The highest BCUT2D eigenvalue weighted by Crippen LogP contribution is 2.29. The third kappa shape index (κ3) is 9.27. The summed E-state index contributed by atoms with van der Waals surface area (Å²) >= 11 is 7.98. The number of aromatic nitrogens is 4. The first-order valence-corrected chi connectivity index (χ1v) is 16.5. The average molecular weight is 651 g/mol. The van der Waals surface area contributed by atoms with Gasteiger partial charge in [0.25, 0.3) is 5.91 Å². The number of nitrogens with one attached hydrogen (secondary N) is 2. The van der Waals surface area contributed by atoms with Crippen molar-refractivity contribution in [1.29, 1.82) is 0 Å². The Balaban J connectivity index is 1.38. The van der Waals surface area contributed by atoms with E-state index < -0.39 is 17.7 Å². The van der Waals surface area contributed by atoms with Crippen molar-refractivity contribution in [2.75, 3.05) is 23.0 Å². The fourth-order valence-electron chi connectivity index (χ4n) is 4.83. The molecule has 1 unspecified atom stereocenters. The number of ketones is 1. The number of rotatable bonds is 16. The van der Waals surface area contributed by atoms with E-state index in [0.29, 0.717) is 34.9 Å².